The van der Waals surface area contributed by atoms with Crippen LogP contribution in [0.2, 0.25) is 0 Å². The molecule has 0 aromatic carbocycles. The van der Waals surface area contributed by atoms with Crippen molar-refractivity contribution in [3.05, 3.63) is 0 Å². The molecule has 0 saturated carbocycles. The Kier molecular flexibility index (Phi) is 3.12. The lowest BCUT2D eigenvalue weighted by Crippen LogP contribution is -2.07. The first-order chi connectivity index (χ1) is 4.84. The molecule has 60 valence electrons. The molecule has 0 radical (unpaired) electrons. The Morgan fingerprint density at radius 2 is 2.10 bits per heavy atom. The van der Waals surface area contributed by atoms with Crippen LogP contribution in [0.25, 0.3) is 0 Å². The van der Waals surface area contributed by atoms with E-state index in [-0.39, 0.29) is 0 Å². The van der Waals surface area contributed by atoms with Gasteiger partial charge in [0.15, 0.2) is 0 Å². The molecular formula is C7H14O3. The molecule has 0 N–H and O–H groups in total. The van der Waals surface area contributed by atoms with Crippen molar-refractivity contribution in [2.24, 2.45) is 0 Å². The number of epoxide rings is 1. The topological polar surface area (TPSA) is 31.0 Å². The van der Waals surface area contributed by atoms with Gasteiger partial charge in [-0.05, 0) is 6.92 Å². The van der Waals surface area contributed by atoms with Crippen molar-refractivity contribution in [3.8, 4) is 0 Å². The molecule has 2 unspecified atom stereocenters. The summed E-state index contributed by atoms with van der Waals surface area (Å²) < 4.78 is 15.2. The molecule has 10 heavy (non-hydrogen) atoms. The maximum absolute atomic E-state index is 5.22. The molecule has 3 nitrogen and oxygen atoms in total. The third-order valence-corrected chi connectivity index (χ3v) is 1.55. The molecule has 1 fully saturated rings. The number of methoxy groups -OCH3 is 1. The standard InChI is InChI=1S/C7H14O3/c1-6-7(10-6)5-9-4-3-8-2/h6-7H,3-5H2,1-2H3. The predicted molar refractivity (Wildman–Crippen MR) is 37.0 cm³/mol. The van der Waals surface area contributed by atoms with Crippen molar-refractivity contribution in [2.75, 3.05) is 26.9 Å². The molecular weight excluding hydrogens is 132 g/mol. The molecule has 0 bridgehead atoms. The largest absolute Gasteiger partial charge is 0.382 e. The van der Waals surface area contributed by atoms with E-state index in [1.165, 1.54) is 0 Å². The molecule has 1 heterocycles. The summed E-state index contributed by atoms with van der Waals surface area (Å²) in [5.74, 6) is 0. The molecule has 1 saturated heterocycles. The molecule has 0 aliphatic carbocycles. The zero-order chi connectivity index (χ0) is 7.40. The van der Waals surface area contributed by atoms with Crippen molar-refractivity contribution in [2.45, 2.75) is 19.1 Å². The third kappa shape index (κ3) is 2.64. The molecule has 1 aliphatic heterocycles. The number of ether oxygens (including phenoxy) is 3. The average molecular weight is 146 g/mol. The fourth-order valence-electron chi connectivity index (χ4n) is 0.747. The van der Waals surface area contributed by atoms with Gasteiger partial charge in [0.25, 0.3) is 0 Å². The number of rotatable bonds is 5. The SMILES string of the molecule is COCCOCC1OC1C. The Labute approximate surface area is 61.3 Å². The first-order valence-electron chi connectivity index (χ1n) is 3.56. The van der Waals surface area contributed by atoms with Gasteiger partial charge >= 0.3 is 0 Å². The summed E-state index contributed by atoms with van der Waals surface area (Å²) in [5.41, 5.74) is 0. The molecule has 1 aliphatic rings. The summed E-state index contributed by atoms with van der Waals surface area (Å²) in [6.07, 6.45) is 0.749. The average Bonchev–Trinajstić information content (AvgIpc) is 2.60. The van der Waals surface area contributed by atoms with Gasteiger partial charge in [-0.3, -0.25) is 0 Å². The highest BCUT2D eigenvalue weighted by molar-refractivity contribution is 4.79. The molecule has 3 heteroatoms. The van der Waals surface area contributed by atoms with Crippen molar-refractivity contribution < 1.29 is 14.2 Å². The maximum atomic E-state index is 5.22. The van der Waals surface area contributed by atoms with Crippen LogP contribution in [-0.2, 0) is 14.2 Å². The Hall–Kier alpha value is -0.120. The van der Waals surface area contributed by atoms with Gasteiger partial charge in [-0.1, -0.05) is 0 Å². The fourth-order valence-corrected chi connectivity index (χ4v) is 0.747. The molecule has 2 atom stereocenters. The predicted octanol–water partition coefficient (Wildman–Crippen LogP) is 0.437. The first kappa shape index (κ1) is 7.98. The summed E-state index contributed by atoms with van der Waals surface area (Å²) in [7, 11) is 1.67. The second-order valence-electron chi connectivity index (χ2n) is 2.45. The van der Waals surface area contributed by atoms with Gasteiger partial charge in [0.05, 0.1) is 25.9 Å². The number of hydrogen-bond donors (Lipinski definition) is 0. The summed E-state index contributed by atoms with van der Waals surface area (Å²) in [4.78, 5) is 0. The Bertz CT molecular complexity index is 94.9. The van der Waals surface area contributed by atoms with Crippen LogP contribution in [0.4, 0.5) is 0 Å². The smallest absolute Gasteiger partial charge is 0.107 e. The highest BCUT2D eigenvalue weighted by Crippen LogP contribution is 2.20. The Morgan fingerprint density at radius 1 is 1.40 bits per heavy atom. The molecule has 0 aromatic rings. The van der Waals surface area contributed by atoms with Crippen LogP contribution in [0.3, 0.4) is 0 Å². The Morgan fingerprint density at radius 3 is 2.60 bits per heavy atom. The summed E-state index contributed by atoms with van der Waals surface area (Å²) >= 11 is 0. The number of hydrogen-bond acceptors (Lipinski definition) is 3. The summed E-state index contributed by atoms with van der Waals surface area (Å²) in [5, 5.41) is 0. The van der Waals surface area contributed by atoms with E-state index in [2.05, 4.69) is 0 Å². The van der Waals surface area contributed by atoms with Crippen LogP contribution in [0, 0.1) is 0 Å². The summed E-state index contributed by atoms with van der Waals surface area (Å²) in [6, 6.07) is 0. The molecule has 1 rings (SSSR count). The lowest BCUT2D eigenvalue weighted by Gasteiger charge is -1.98. The minimum absolute atomic E-state index is 0.344. The van der Waals surface area contributed by atoms with E-state index >= 15 is 0 Å². The van der Waals surface area contributed by atoms with E-state index in [0.717, 1.165) is 0 Å². The van der Waals surface area contributed by atoms with Gasteiger partial charge in [-0.2, -0.15) is 0 Å². The lowest BCUT2D eigenvalue weighted by molar-refractivity contribution is 0.0622. The first-order valence-corrected chi connectivity index (χ1v) is 3.56. The molecule has 0 aromatic heterocycles. The van der Waals surface area contributed by atoms with Crippen LogP contribution in [0.5, 0.6) is 0 Å². The highest BCUT2D eigenvalue weighted by atomic mass is 16.6. The monoisotopic (exact) mass is 146 g/mol. The fraction of sp³-hybridized carbons (Fsp3) is 1.00. The Balaban J connectivity index is 1.78. The molecule has 0 amide bonds. The molecule has 0 spiro atoms. The van der Waals surface area contributed by atoms with Crippen LogP contribution >= 0.6 is 0 Å². The van der Waals surface area contributed by atoms with Gasteiger partial charge in [0.1, 0.15) is 6.10 Å². The second-order valence-corrected chi connectivity index (χ2v) is 2.45. The van der Waals surface area contributed by atoms with Crippen LogP contribution in [0.15, 0.2) is 0 Å². The van der Waals surface area contributed by atoms with Gasteiger partial charge in [0.2, 0.25) is 0 Å². The van der Waals surface area contributed by atoms with Crippen molar-refractivity contribution in [3.63, 3.8) is 0 Å². The van der Waals surface area contributed by atoms with Crippen molar-refractivity contribution in [1.29, 1.82) is 0 Å². The van der Waals surface area contributed by atoms with Crippen LogP contribution in [0.1, 0.15) is 6.92 Å². The third-order valence-electron chi connectivity index (χ3n) is 1.55. The maximum Gasteiger partial charge on any atom is 0.107 e. The van der Waals surface area contributed by atoms with Crippen molar-refractivity contribution in [1.82, 2.24) is 0 Å². The van der Waals surface area contributed by atoms with E-state index in [0.29, 0.717) is 32.0 Å². The highest BCUT2D eigenvalue weighted by Gasteiger charge is 2.33. The minimum atomic E-state index is 0.344. The van der Waals surface area contributed by atoms with Crippen LogP contribution < -0.4 is 0 Å². The van der Waals surface area contributed by atoms with Gasteiger partial charge in [-0.15, -0.1) is 0 Å². The van der Waals surface area contributed by atoms with E-state index in [9.17, 15) is 0 Å². The quantitative estimate of drug-likeness (QED) is 0.416. The minimum Gasteiger partial charge on any atom is -0.382 e. The zero-order valence-corrected chi connectivity index (χ0v) is 6.50. The van der Waals surface area contributed by atoms with Gasteiger partial charge in [-0.25, -0.2) is 0 Å². The van der Waals surface area contributed by atoms with E-state index in [4.69, 9.17) is 14.2 Å². The van der Waals surface area contributed by atoms with Crippen molar-refractivity contribution >= 4 is 0 Å². The summed E-state index contributed by atoms with van der Waals surface area (Å²) in [6.45, 7) is 4.10. The van der Waals surface area contributed by atoms with Gasteiger partial charge in [0, 0.05) is 7.11 Å². The lowest BCUT2D eigenvalue weighted by atomic mass is 10.4. The normalized spacial score (nSPS) is 30.6. The second kappa shape index (κ2) is 3.91. The van der Waals surface area contributed by atoms with E-state index in [1.54, 1.807) is 7.11 Å². The van der Waals surface area contributed by atoms with Crippen LogP contribution in [-0.4, -0.2) is 39.1 Å². The van der Waals surface area contributed by atoms with E-state index < -0.39 is 0 Å². The van der Waals surface area contributed by atoms with E-state index in [1.807, 2.05) is 6.92 Å². The zero-order valence-electron chi connectivity index (χ0n) is 6.50. The van der Waals surface area contributed by atoms with Gasteiger partial charge < -0.3 is 14.2 Å².